The van der Waals surface area contributed by atoms with Crippen LogP contribution in [0.3, 0.4) is 0 Å². The van der Waals surface area contributed by atoms with E-state index < -0.39 is 0 Å². The third-order valence-corrected chi connectivity index (χ3v) is 4.85. The van der Waals surface area contributed by atoms with Crippen molar-refractivity contribution >= 4 is 11.8 Å². The van der Waals surface area contributed by atoms with Gasteiger partial charge in [0, 0.05) is 31.1 Å². The first-order valence-electron chi connectivity index (χ1n) is 8.60. The van der Waals surface area contributed by atoms with Crippen LogP contribution in [0, 0.1) is 5.92 Å². The Morgan fingerprint density at radius 2 is 1.87 bits per heavy atom. The Balaban J connectivity index is 1.85. The zero-order valence-electron chi connectivity index (χ0n) is 14.4. The van der Waals surface area contributed by atoms with Crippen molar-refractivity contribution in [3.05, 3.63) is 35.9 Å². The van der Waals surface area contributed by atoms with Crippen LogP contribution in [0.15, 0.2) is 30.3 Å². The number of rotatable bonds is 5. The Morgan fingerprint density at radius 1 is 1.22 bits per heavy atom. The summed E-state index contributed by atoms with van der Waals surface area (Å²) in [5.41, 5.74) is 0.626. The van der Waals surface area contributed by atoms with E-state index in [0.717, 1.165) is 6.42 Å². The topological polar surface area (TPSA) is 49.4 Å². The first-order valence-corrected chi connectivity index (χ1v) is 8.60. The van der Waals surface area contributed by atoms with E-state index >= 15 is 0 Å². The van der Waals surface area contributed by atoms with Crippen molar-refractivity contribution in [3.8, 4) is 0 Å². The van der Waals surface area contributed by atoms with Crippen LogP contribution in [-0.4, -0.2) is 35.8 Å². The molecule has 0 heterocycles. The Kier molecular flexibility index (Phi) is 6.20. The summed E-state index contributed by atoms with van der Waals surface area (Å²) in [4.78, 5) is 26.5. The number of hydrogen-bond acceptors (Lipinski definition) is 2. The predicted octanol–water partition coefficient (Wildman–Crippen LogP) is 3.23. The molecule has 3 unspecified atom stereocenters. The zero-order chi connectivity index (χ0) is 16.8. The van der Waals surface area contributed by atoms with Crippen molar-refractivity contribution < 1.29 is 9.59 Å². The van der Waals surface area contributed by atoms with Gasteiger partial charge in [-0.15, -0.1) is 0 Å². The van der Waals surface area contributed by atoms with E-state index in [0.29, 0.717) is 23.9 Å². The lowest BCUT2D eigenvalue weighted by molar-refractivity contribution is -0.134. The van der Waals surface area contributed by atoms with Crippen LogP contribution >= 0.6 is 0 Å². The highest BCUT2D eigenvalue weighted by atomic mass is 16.2. The summed E-state index contributed by atoms with van der Waals surface area (Å²) in [5.74, 6) is 0.552. The SMILES string of the molecule is CC(CC(=O)N(C)C1CCCCC1C)NC(=O)c1ccccc1. The van der Waals surface area contributed by atoms with E-state index in [1.807, 2.05) is 37.1 Å². The van der Waals surface area contributed by atoms with Crippen molar-refractivity contribution in [2.45, 2.75) is 58.0 Å². The van der Waals surface area contributed by atoms with Crippen molar-refractivity contribution in [3.63, 3.8) is 0 Å². The van der Waals surface area contributed by atoms with Crippen molar-refractivity contribution in [2.24, 2.45) is 5.92 Å². The Bertz CT molecular complexity index is 529. The van der Waals surface area contributed by atoms with Gasteiger partial charge >= 0.3 is 0 Å². The summed E-state index contributed by atoms with van der Waals surface area (Å²) in [6.07, 6.45) is 5.10. The van der Waals surface area contributed by atoms with Crippen molar-refractivity contribution in [1.29, 1.82) is 0 Å². The van der Waals surface area contributed by atoms with Crippen LogP contribution in [0.25, 0.3) is 0 Å². The molecule has 1 saturated carbocycles. The first-order chi connectivity index (χ1) is 11.0. The normalized spacial score (nSPS) is 22.2. The van der Waals surface area contributed by atoms with Gasteiger partial charge in [-0.3, -0.25) is 9.59 Å². The molecule has 0 aliphatic heterocycles. The van der Waals surface area contributed by atoms with E-state index in [4.69, 9.17) is 0 Å². The highest BCUT2D eigenvalue weighted by Crippen LogP contribution is 2.27. The van der Waals surface area contributed by atoms with Gasteiger partial charge in [-0.2, -0.15) is 0 Å². The fraction of sp³-hybridized carbons (Fsp3) is 0.579. The third-order valence-electron chi connectivity index (χ3n) is 4.85. The molecule has 1 aromatic carbocycles. The minimum Gasteiger partial charge on any atom is -0.349 e. The molecule has 2 rings (SSSR count). The van der Waals surface area contributed by atoms with Crippen LogP contribution in [0.5, 0.6) is 0 Å². The lowest BCUT2D eigenvalue weighted by atomic mass is 9.85. The summed E-state index contributed by atoms with van der Waals surface area (Å²) in [6.45, 7) is 4.12. The highest BCUT2D eigenvalue weighted by Gasteiger charge is 2.28. The Morgan fingerprint density at radius 3 is 2.52 bits per heavy atom. The number of carbonyl (C=O) groups excluding carboxylic acids is 2. The fourth-order valence-corrected chi connectivity index (χ4v) is 3.41. The maximum atomic E-state index is 12.5. The molecular formula is C19H28N2O2. The molecular weight excluding hydrogens is 288 g/mol. The first kappa shape index (κ1) is 17.5. The van der Waals surface area contributed by atoms with Gasteiger partial charge in [0.05, 0.1) is 0 Å². The van der Waals surface area contributed by atoms with Gasteiger partial charge in [-0.05, 0) is 37.8 Å². The molecule has 0 saturated heterocycles. The van der Waals surface area contributed by atoms with Gasteiger partial charge in [0.25, 0.3) is 5.91 Å². The minimum atomic E-state index is -0.170. The van der Waals surface area contributed by atoms with Gasteiger partial charge in [0.2, 0.25) is 5.91 Å². The smallest absolute Gasteiger partial charge is 0.251 e. The molecule has 1 aliphatic rings. The quantitative estimate of drug-likeness (QED) is 0.906. The molecule has 23 heavy (non-hydrogen) atoms. The predicted molar refractivity (Wildman–Crippen MR) is 92.2 cm³/mol. The lowest BCUT2D eigenvalue weighted by Crippen LogP contribution is -2.45. The summed E-state index contributed by atoms with van der Waals surface area (Å²) >= 11 is 0. The molecule has 1 fully saturated rings. The number of nitrogens with one attached hydrogen (secondary N) is 1. The second-order valence-electron chi connectivity index (χ2n) is 6.78. The molecule has 4 heteroatoms. The summed E-state index contributed by atoms with van der Waals surface area (Å²) in [6, 6.07) is 9.28. The van der Waals surface area contributed by atoms with E-state index in [1.165, 1.54) is 19.3 Å². The van der Waals surface area contributed by atoms with Crippen molar-refractivity contribution in [2.75, 3.05) is 7.05 Å². The second kappa shape index (κ2) is 8.14. The lowest BCUT2D eigenvalue weighted by Gasteiger charge is -2.36. The van der Waals surface area contributed by atoms with E-state index in [2.05, 4.69) is 12.2 Å². The van der Waals surface area contributed by atoms with E-state index in [9.17, 15) is 9.59 Å². The van der Waals surface area contributed by atoms with E-state index in [1.54, 1.807) is 12.1 Å². The molecule has 0 aromatic heterocycles. The van der Waals surface area contributed by atoms with Crippen LogP contribution in [0.4, 0.5) is 0 Å². The molecule has 3 atom stereocenters. The van der Waals surface area contributed by atoms with Gasteiger partial charge in [-0.1, -0.05) is 38.0 Å². The molecule has 0 bridgehead atoms. The van der Waals surface area contributed by atoms with Gasteiger partial charge < -0.3 is 10.2 Å². The average Bonchev–Trinajstić information content (AvgIpc) is 2.55. The summed E-state index contributed by atoms with van der Waals surface area (Å²) in [7, 11) is 1.90. The largest absolute Gasteiger partial charge is 0.349 e. The highest BCUT2D eigenvalue weighted by molar-refractivity contribution is 5.94. The number of nitrogens with zero attached hydrogens (tertiary/aromatic N) is 1. The van der Waals surface area contributed by atoms with Crippen molar-refractivity contribution in [1.82, 2.24) is 10.2 Å². The van der Waals surface area contributed by atoms with Crippen LogP contribution in [0.2, 0.25) is 0 Å². The van der Waals surface area contributed by atoms with Gasteiger partial charge in [-0.25, -0.2) is 0 Å². The number of benzene rings is 1. The third kappa shape index (κ3) is 4.81. The summed E-state index contributed by atoms with van der Waals surface area (Å²) in [5, 5.41) is 2.91. The number of carbonyl (C=O) groups is 2. The fourth-order valence-electron chi connectivity index (χ4n) is 3.41. The molecule has 126 valence electrons. The molecule has 0 spiro atoms. The maximum absolute atomic E-state index is 12.5. The van der Waals surface area contributed by atoms with Crippen LogP contribution < -0.4 is 5.32 Å². The summed E-state index contributed by atoms with van der Waals surface area (Å²) < 4.78 is 0. The molecule has 0 radical (unpaired) electrons. The molecule has 4 nitrogen and oxygen atoms in total. The molecule has 1 N–H and O–H groups in total. The van der Waals surface area contributed by atoms with Crippen LogP contribution in [-0.2, 0) is 4.79 Å². The van der Waals surface area contributed by atoms with Gasteiger partial charge in [0.15, 0.2) is 0 Å². The van der Waals surface area contributed by atoms with Crippen LogP contribution in [0.1, 0.15) is 56.3 Å². The molecule has 1 aliphatic carbocycles. The molecule has 1 aromatic rings. The minimum absolute atomic E-state index is 0.115. The van der Waals surface area contributed by atoms with Gasteiger partial charge in [0.1, 0.15) is 0 Å². The zero-order valence-corrected chi connectivity index (χ0v) is 14.4. The second-order valence-corrected chi connectivity index (χ2v) is 6.78. The monoisotopic (exact) mass is 316 g/mol. The molecule has 2 amide bonds. The Hall–Kier alpha value is -1.84. The number of amides is 2. The maximum Gasteiger partial charge on any atom is 0.251 e. The average molecular weight is 316 g/mol. The standard InChI is InChI=1S/C19H28N2O2/c1-14-9-7-8-12-17(14)21(3)18(22)13-15(2)20-19(23)16-10-5-4-6-11-16/h4-6,10-11,14-15,17H,7-9,12-13H2,1-3H3,(H,20,23). The number of hydrogen-bond donors (Lipinski definition) is 1. The van der Waals surface area contributed by atoms with E-state index in [-0.39, 0.29) is 17.9 Å². The Labute approximate surface area is 139 Å².